The van der Waals surface area contributed by atoms with Crippen LogP contribution in [0.3, 0.4) is 0 Å². The van der Waals surface area contributed by atoms with Crippen LogP contribution in [0.15, 0.2) is 18.2 Å². The third-order valence-corrected chi connectivity index (χ3v) is 3.52. The van der Waals surface area contributed by atoms with Crippen LogP contribution in [0.1, 0.15) is 19.8 Å². The number of nitro benzene ring substituents is 1. The Morgan fingerprint density at radius 3 is 2.70 bits per heavy atom. The van der Waals surface area contributed by atoms with E-state index in [9.17, 15) is 20.0 Å². The van der Waals surface area contributed by atoms with Crippen molar-refractivity contribution in [1.82, 2.24) is 4.90 Å². The zero-order valence-electron chi connectivity index (χ0n) is 11.2. The maximum absolute atomic E-state index is 12.1. The molecule has 1 aliphatic heterocycles. The number of phenolic OH excluding ortho intramolecular Hbond substituents is 1. The van der Waals surface area contributed by atoms with Crippen LogP contribution in [-0.4, -0.2) is 34.1 Å². The molecule has 0 aliphatic carbocycles. The molecule has 1 aromatic carbocycles. The predicted octanol–water partition coefficient (Wildman–Crippen LogP) is 2.56. The van der Waals surface area contributed by atoms with E-state index in [1.54, 1.807) is 4.90 Å². The highest BCUT2D eigenvalue weighted by atomic mass is 16.6. The number of hydrogen-bond donors (Lipinski definition) is 2. The molecule has 1 fully saturated rings. The lowest BCUT2D eigenvalue weighted by Gasteiger charge is -2.30. The third kappa shape index (κ3) is 2.98. The lowest BCUT2D eigenvalue weighted by Crippen LogP contribution is -2.40. The normalized spacial score (nSPS) is 15.9. The molecule has 1 saturated heterocycles. The number of likely N-dealkylation sites (tertiary alicyclic amines) is 1. The summed E-state index contributed by atoms with van der Waals surface area (Å²) in [7, 11) is 0. The summed E-state index contributed by atoms with van der Waals surface area (Å²) in [5, 5.41) is 23.0. The van der Waals surface area contributed by atoms with Gasteiger partial charge in [0.2, 0.25) is 0 Å². The Labute approximate surface area is 116 Å². The first-order valence-corrected chi connectivity index (χ1v) is 6.51. The average molecular weight is 279 g/mol. The number of carbonyl (C=O) groups is 1. The van der Waals surface area contributed by atoms with Crippen molar-refractivity contribution < 1.29 is 14.8 Å². The van der Waals surface area contributed by atoms with Crippen molar-refractivity contribution >= 4 is 17.4 Å². The van der Waals surface area contributed by atoms with Crippen molar-refractivity contribution in [3.63, 3.8) is 0 Å². The molecule has 2 amide bonds. The fraction of sp³-hybridized carbons (Fsp3) is 0.462. The van der Waals surface area contributed by atoms with E-state index >= 15 is 0 Å². The standard InChI is InChI=1S/C13H17N3O4/c1-9-5-7-15(8-6-9)13(18)14-12-10(16(19)20)3-2-4-11(12)17/h2-4,9,17H,5-8H2,1H3,(H,14,18). The monoisotopic (exact) mass is 279 g/mol. The number of nitrogens with one attached hydrogen (secondary N) is 1. The quantitative estimate of drug-likeness (QED) is 0.494. The molecule has 0 bridgehead atoms. The van der Waals surface area contributed by atoms with Gasteiger partial charge in [0.25, 0.3) is 5.69 Å². The average Bonchev–Trinajstić information content (AvgIpc) is 2.41. The molecule has 2 rings (SSSR count). The van der Waals surface area contributed by atoms with Gasteiger partial charge in [0.1, 0.15) is 5.75 Å². The van der Waals surface area contributed by atoms with Gasteiger partial charge in [-0.3, -0.25) is 15.4 Å². The van der Waals surface area contributed by atoms with Gasteiger partial charge in [-0.25, -0.2) is 4.79 Å². The molecule has 7 nitrogen and oxygen atoms in total. The molecule has 108 valence electrons. The van der Waals surface area contributed by atoms with Crippen LogP contribution in [0, 0.1) is 16.0 Å². The minimum absolute atomic E-state index is 0.152. The van der Waals surface area contributed by atoms with Gasteiger partial charge in [-0.2, -0.15) is 0 Å². The Kier molecular flexibility index (Phi) is 4.07. The van der Waals surface area contributed by atoms with Crippen molar-refractivity contribution in [3.05, 3.63) is 28.3 Å². The molecule has 1 aliphatic rings. The van der Waals surface area contributed by atoms with Crippen LogP contribution in [0.25, 0.3) is 0 Å². The lowest BCUT2D eigenvalue weighted by molar-refractivity contribution is -0.384. The fourth-order valence-electron chi connectivity index (χ4n) is 2.21. The van der Waals surface area contributed by atoms with Crippen LogP contribution in [-0.2, 0) is 0 Å². The zero-order valence-corrected chi connectivity index (χ0v) is 11.2. The van der Waals surface area contributed by atoms with Gasteiger partial charge < -0.3 is 10.0 Å². The number of phenols is 1. The van der Waals surface area contributed by atoms with E-state index in [2.05, 4.69) is 12.2 Å². The minimum atomic E-state index is -0.631. The number of amides is 2. The summed E-state index contributed by atoms with van der Waals surface area (Å²) in [5.41, 5.74) is -0.468. The van der Waals surface area contributed by atoms with E-state index in [-0.39, 0.29) is 17.1 Å². The van der Waals surface area contributed by atoms with E-state index in [1.807, 2.05) is 0 Å². The second-order valence-electron chi connectivity index (χ2n) is 5.03. The Balaban J connectivity index is 2.13. The minimum Gasteiger partial charge on any atom is -0.505 e. The zero-order chi connectivity index (χ0) is 14.7. The largest absolute Gasteiger partial charge is 0.505 e. The van der Waals surface area contributed by atoms with Gasteiger partial charge in [0, 0.05) is 19.2 Å². The molecule has 0 unspecified atom stereocenters. The molecular formula is C13H17N3O4. The van der Waals surface area contributed by atoms with Gasteiger partial charge >= 0.3 is 6.03 Å². The fourth-order valence-corrected chi connectivity index (χ4v) is 2.21. The number of nitro groups is 1. The first kappa shape index (κ1) is 14.1. The smallest absolute Gasteiger partial charge is 0.322 e. The highest BCUT2D eigenvalue weighted by Gasteiger charge is 2.24. The lowest BCUT2D eigenvalue weighted by atomic mass is 10.00. The second kappa shape index (κ2) is 5.77. The molecule has 0 atom stereocenters. The first-order valence-electron chi connectivity index (χ1n) is 6.51. The highest BCUT2D eigenvalue weighted by molar-refractivity contribution is 5.93. The molecule has 0 spiro atoms. The summed E-state index contributed by atoms with van der Waals surface area (Å²) < 4.78 is 0. The number of nitrogens with zero attached hydrogens (tertiary/aromatic N) is 2. The van der Waals surface area contributed by atoms with Crippen LogP contribution < -0.4 is 5.32 Å². The van der Waals surface area contributed by atoms with Crippen LogP contribution in [0.2, 0.25) is 0 Å². The second-order valence-corrected chi connectivity index (χ2v) is 5.03. The summed E-state index contributed by atoms with van der Waals surface area (Å²) in [6.45, 7) is 3.37. The summed E-state index contributed by atoms with van der Waals surface area (Å²) in [6, 6.07) is 3.50. The van der Waals surface area contributed by atoms with Crippen LogP contribution >= 0.6 is 0 Å². The van der Waals surface area contributed by atoms with Crippen LogP contribution in [0.5, 0.6) is 5.75 Å². The molecule has 0 radical (unpaired) electrons. The van der Waals surface area contributed by atoms with E-state index in [1.165, 1.54) is 18.2 Å². The van der Waals surface area contributed by atoms with E-state index < -0.39 is 11.0 Å². The SMILES string of the molecule is CC1CCN(C(=O)Nc2c(O)cccc2[N+](=O)[O-])CC1. The molecule has 0 saturated carbocycles. The molecule has 0 aromatic heterocycles. The van der Waals surface area contributed by atoms with Gasteiger partial charge in [-0.1, -0.05) is 13.0 Å². The summed E-state index contributed by atoms with van der Waals surface area (Å²) >= 11 is 0. The Morgan fingerprint density at radius 2 is 2.10 bits per heavy atom. The van der Waals surface area contributed by atoms with Crippen LogP contribution in [0.4, 0.5) is 16.2 Å². The number of carbonyl (C=O) groups excluding carboxylic acids is 1. The predicted molar refractivity (Wildman–Crippen MR) is 73.8 cm³/mol. The maximum Gasteiger partial charge on any atom is 0.322 e. The Hall–Kier alpha value is -2.31. The molecule has 1 heterocycles. The first-order chi connectivity index (χ1) is 9.49. The van der Waals surface area contributed by atoms with Crippen molar-refractivity contribution in [2.45, 2.75) is 19.8 Å². The van der Waals surface area contributed by atoms with Gasteiger partial charge in [-0.05, 0) is 24.8 Å². The number of rotatable bonds is 2. The molecule has 2 N–H and O–H groups in total. The Morgan fingerprint density at radius 1 is 1.45 bits per heavy atom. The van der Waals surface area contributed by atoms with Crippen molar-refractivity contribution in [2.24, 2.45) is 5.92 Å². The molecule has 7 heteroatoms. The number of aromatic hydroxyl groups is 1. The maximum atomic E-state index is 12.1. The van der Waals surface area contributed by atoms with Crippen molar-refractivity contribution in [3.8, 4) is 5.75 Å². The number of benzene rings is 1. The summed E-state index contributed by atoms with van der Waals surface area (Å²) in [4.78, 5) is 24.0. The molecular weight excluding hydrogens is 262 g/mol. The van der Waals surface area contributed by atoms with Gasteiger partial charge in [0.15, 0.2) is 5.69 Å². The Bertz CT molecular complexity index is 524. The number of para-hydroxylation sites is 1. The number of hydrogen-bond acceptors (Lipinski definition) is 4. The third-order valence-electron chi connectivity index (χ3n) is 3.52. The van der Waals surface area contributed by atoms with E-state index in [0.717, 1.165) is 12.8 Å². The number of anilines is 1. The highest BCUT2D eigenvalue weighted by Crippen LogP contribution is 2.33. The van der Waals surface area contributed by atoms with Gasteiger partial charge in [-0.15, -0.1) is 0 Å². The number of piperidine rings is 1. The van der Waals surface area contributed by atoms with Crippen molar-refractivity contribution in [2.75, 3.05) is 18.4 Å². The molecule has 1 aromatic rings. The topological polar surface area (TPSA) is 95.7 Å². The van der Waals surface area contributed by atoms with E-state index in [4.69, 9.17) is 0 Å². The summed E-state index contributed by atoms with van der Waals surface area (Å²) in [6.07, 6.45) is 1.83. The number of urea groups is 1. The summed E-state index contributed by atoms with van der Waals surface area (Å²) in [5.74, 6) is 0.274. The molecule has 20 heavy (non-hydrogen) atoms. The van der Waals surface area contributed by atoms with Crippen molar-refractivity contribution in [1.29, 1.82) is 0 Å². The van der Waals surface area contributed by atoms with E-state index in [0.29, 0.717) is 19.0 Å². The van der Waals surface area contributed by atoms with Gasteiger partial charge in [0.05, 0.1) is 4.92 Å².